The summed E-state index contributed by atoms with van der Waals surface area (Å²) in [4.78, 5) is 13.7. The molecular weight excluding hydrogens is 560 g/mol. The van der Waals surface area contributed by atoms with Crippen molar-refractivity contribution >= 4 is 38.9 Å². The minimum atomic E-state index is -3.85. The Bertz CT molecular complexity index is 1720. The second kappa shape index (κ2) is 12.4. The maximum Gasteiger partial charge on any atom is 0.241 e. The molecular formula is C32H36N8O2S. The Morgan fingerprint density at radius 1 is 0.860 bits per heavy atom. The Labute approximate surface area is 253 Å². The van der Waals surface area contributed by atoms with Gasteiger partial charge in [0.25, 0.3) is 0 Å². The largest absolute Gasteiger partial charge is 0.369 e. The molecule has 0 bridgehead atoms. The molecule has 0 unspecified atom stereocenters. The van der Waals surface area contributed by atoms with Crippen LogP contribution in [0.4, 0.5) is 28.8 Å². The second-order valence-electron chi connectivity index (χ2n) is 11.6. The van der Waals surface area contributed by atoms with Gasteiger partial charge in [-0.25, -0.2) is 18.1 Å². The van der Waals surface area contributed by atoms with Crippen LogP contribution in [0.1, 0.15) is 26.3 Å². The standard InChI is InChI=1S/C32H36N8O2S/c1-32(2,3)38-43(41,42)29-19-24(23-8-6-5-7-9-23)18-27(20-29)35-30-25(21-33)22-34-31(37-30)36-26-10-12-28(13-11-26)40-16-14-39(4)15-17-40/h5-13,18-20,22,38H,14-17H2,1-4H3,(H2,34,35,36,37). The lowest BCUT2D eigenvalue weighted by Gasteiger charge is -2.34. The van der Waals surface area contributed by atoms with E-state index in [4.69, 9.17) is 0 Å². The molecule has 0 spiro atoms. The van der Waals surface area contributed by atoms with Crippen molar-refractivity contribution in [2.75, 3.05) is 48.8 Å². The summed E-state index contributed by atoms with van der Waals surface area (Å²) in [6.07, 6.45) is 1.44. The minimum Gasteiger partial charge on any atom is -0.369 e. The summed E-state index contributed by atoms with van der Waals surface area (Å²) < 4.78 is 29.4. The van der Waals surface area contributed by atoms with Crippen molar-refractivity contribution < 1.29 is 8.42 Å². The van der Waals surface area contributed by atoms with E-state index in [1.165, 1.54) is 12.3 Å². The first-order chi connectivity index (χ1) is 20.5. The molecule has 0 radical (unpaired) electrons. The number of benzene rings is 3. The molecule has 5 rings (SSSR count). The van der Waals surface area contributed by atoms with Crippen LogP contribution in [0.2, 0.25) is 0 Å². The van der Waals surface area contributed by atoms with Crippen LogP contribution in [0.15, 0.2) is 83.9 Å². The van der Waals surface area contributed by atoms with Gasteiger partial charge in [0.15, 0.2) is 5.82 Å². The Morgan fingerprint density at radius 2 is 1.56 bits per heavy atom. The van der Waals surface area contributed by atoms with E-state index in [0.29, 0.717) is 17.2 Å². The molecule has 1 fully saturated rings. The zero-order valence-electron chi connectivity index (χ0n) is 24.8. The van der Waals surface area contributed by atoms with Gasteiger partial charge in [0.1, 0.15) is 11.6 Å². The molecule has 1 aliphatic rings. The van der Waals surface area contributed by atoms with Gasteiger partial charge in [-0.3, -0.25) is 0 Å². The van der Waals surface area contributed by atoms with E-state index in [1.54, 1.807) is 26.8 Å². The molecule has 0 atom stereocenters. The Hall–Kier alpha value is -4.50. The predicted molar refractivity (Wildman–Crippen MR) is 171 cm³/mol. The van der Waals surface area contributed by atoms with Crippen LogP contribution < -0.4 is 20.3 Å². The molecule has 1 saturated heterocycles. The number of hydrogen-bond acceptors (Lipinski definition) is 9. The average molecular weight is 597 g/mol. The Kier molecular flexibility index (Phi) is 8.64. The molecule has 222 valence electrons. The highest BCUT2D eigenvalue weighted by atomic mass is 32.2. The van der Waals surface area contributed by atoms with Gasteiger partial charge in [0.05, 0.1) is 11.1 Å². The number of nitriles is 1. The van der Waals surface area contributed by atoms with Crippen LogP contribution >= 0.6 is 0 Å². The molecule has 11 heteroatoms. The van der Waals surface area contributed by atoms with Gasteiger partial charge in [0.2, 0.25) is 16.0 Å². The molecule has 3 aromatic carbocycles. The van der Waals surface area contributed by atoms with E-state index in [0.717, 1.165) is 43.1 Å². The van der Waals surface area contributed by atoms with Crippen LogP contribution in [0.5, 0.6) is 0 Å². The van der Waals surface area contributed by atoms with E-state index in [2.05, 4.69) is 60.4 Å². The van der Waals surface area contributed by atoms with E-state index in [-0.39, 0.29) is 16.3 Å². The van der Waals surface area contributed by atoms with Crippen LogP contribution in [-0.4, -0.2) is 62.1 Å². The number of piperazine rings is 1. The summed E-state index contributed by atoms with van der Waals surface area (Å²) >= 11 is 0. The van der Waals surface area contributed by atoms with Crippen LogP contribution in [-0.2, 0) is 10.0 Å². The highest BCUT2D eigenvalue weighted by Gasteiger charge is 2.23. The van der Waals surface area contributed by atoms with Gasteiger partial charge in [-0.2, -0.15) is 10.2 Å². The molecule has 10 nitrogen and oxygen atoms in total. The van der Waals surface area contributed by atoms with E-state index in [1.807, 2.05) is 48.5 Å². The number of aromatic nitrogens is 2. The number of anilines is 5. The highest BCUT2D eigenvalue weighted by molar-refractivity contribution is 7.89. The van der Waals surface area contributed by atoms with Gasteiger partial charge in [0, 0.05) is 48.8 Å². The molecule has 0 aliphatic carbocycles. The SMILES string of the molecule is CN1CCN(c2ccc(Nc3ncc(C#N)c(Nc4cc(-c5ccccc5)cc(S(=O)(=O)NC(C)(C)C)c4)n3)cc2)CC1. The normalized spacial score (nSPS) is 14.3. The van der Waals surface area contributed by atoms with E-state index >= 15 is 0 Å². The van der Waals surface area contributed by atoms with Crippen LogP contribution in [0.3, 0.4) is 0 Å². The zero-order chi connectivity index (χ0) is 30.6. The third-order valence-corrected chi connectivity index (χ3v) is 8.67. The second-order valence-corrected chi connectivity index (χ2v) is 13.3. The number of nitrogens with one attached hydrogen (secondary N) is 3. The first kappa shape index (κ1) is 30.0. The van der Waals surface area contributed by atoms with Gasteiger partial charge in [-0.15, -0.1) is 0 Å². The Morgan fingerprint density at radius 3 is 2.21 bits per heavy atom. The summed E-state index contributed by atoms with van der Waals surface area (Å²) in [6, 6.07) is 24.7. The Balaban J connectivity index is 1.43. The molecule has 3 N–H and O–H groups in total. The summed E-state index contributed by atoms with van der Waals surface area (Å²) in [7, 11) is -1.71. The van der Waals surface area contributed by atoms with Gasteiger partial charge in [-0.05, 0) is 81.4 Å². The third kappa shape index (κ3) is 7.67. The van der Waals surface area contributed by atoms with Crippen molar-refractivity contribution in [2.24, 2.45) is 0 Å². The summed E-state index contributed by atoms with van der Waals surface area (Å²) in [5, 5.41) is 16.2. The van der Waals surface area contributed by atoms with Crippen molar-refractivity contribution in [3.8, 4) is 17.2 Å². The lowest BCUT2D eigenvalue weighted by atomic mass is 10.1. The maximum atomic E-state index is 13.3. The first-order valence-corrected chi connectivity index (χ1v) is 15.6. The maximum absolute atomic E-state index is 13.3. The van der Waals surface area contributed by atoms with Gasteiger partial charge < -0.3 is 20.4 Å². The third-order valence-electron chi connectivity index (χ3n) is 6.93. The van der Waals surface area contributed by atoms with E-state index in [9.17, 15) is 13.7 Å². The van der Waals surface area contributed by atoms with Crippen LogP contribution in [0.25, 0.3) is 11.1 Å². The topological polar surface area (TPSA) is 126 Å². The number of hydrogen-bond donors (Lipinski definition) is 3. The monoisotopic (exact) mass is 596 g/mol. The minimum absolute atomic E-state index is 0.0950. The fourth-order valence-electron chi connectivity index (χ4n) is 4.79. The van der Waals surface area contributed by atoms with Crippen molar-refractivity contribution in [2.45, 2.75) is 31.2 Å². The van der Waals surface area contributed by atoms with Crippen molar-refractivity contribution in [1.82, 2.24) is 19.6 Å². The van der Waals surface area contributed by atoms with Crippen molar-refractivity contribution in [3.05, 3.63) is 84.6 Å². The molecule has 0 saturated carbocycles. The fraction of sp³-hybridized carbons (Fsp3) is 0.281. The summed E-state index contributed by atoms with van der Waals surface area (Å²) in [5.74, 6) is 0.557. The molecule has 2 heterocycles. The smallest absolute Gasteiger partial charge is 0.241 e. The fourth-order valence-corrected chi connectivity index (χ4v) is 6.28. The average Bonchev–Trinajstić information content (AvgIpc) is 2.97. The number of rotatable bonds is 8. The number of sulfonamides is 1. The molecule has 43 heavy (non-hydrogen) atoms. The zero-order valence-corrected chi connectivity index (χ0v) is 25.6. The predicted octanol–water partition coefficient (Wildman–Crippen LogP) is 5.33. The lowest BCUT2D eigenvalue weighted by molar-refractivity contribution is 0.313. The quantitative estimate of drug-likeness (QED) is 0.247. The van der Waals surface area contributed by atoms with Crippen molar-refractivity contribution in [3.63, 3.8) is 0 Å². The summed E-state index contributed by atoms with van der Waals surface area (Å²) in [6.45, 7) is 9.40. The molecule has 0 amide bonds. The molecule has 4 aromatic rings. The number of nitrogens with zero attached hydrogens (tertiary/aromatic N) is 5. The number of likely N-dealkylation sites (N-methyl/N-ethyl adjacent to an activating group) is 1. The first-order valence-electron chi connectivity index (χ1n) is 14.1. The van der Waals surface area contributed by atoms with Gasteiger partial charge >= 0.3 is 0 Å². The lowest BCUT2D eigenvalue weighted by Crippen LogP contribution is -2.44. The summed E-state index contributed by atoms with van der Waals surface area (Å²) in [5.41, 5.74) is 3.54. The molecule has 1 aromatic heterocycles. The van der Waals surface area contributed by atoms with Gasteiger partial charge in [-0.1, -0.05) is 30.3 Å². The van der Waals surface area contributed by atoms with Crippen LogP contribution in [0, 0.1) is 11.3 Å². The highest BCUT2D eigenvalue weighted by Crippen LogP contribution is 2.30. The van der Waals surface area contributed by atoms with Crippen molar-refractivity contribution in [1.29, 1.82) is 5.26 Å². The molecule has 1 aliphatic heterocycles. The van der Waals surface area contributed by atoms with E-state index < -0.39 is 15.6 Å².